The van der Waals surface area contributed by atoms with E-state index in [4.69, 9.17) is 17.2 Å². The minimum absolute atomic E-state index is 0.0784. The summed E-state index contributed by atoms with van der Waals surface area (Å²) in [6.07, 6.45) is 4.25. The Kier molecular flexibility index (Phi) is 3.90. The van der Waals surface area contributed by atoms with Crippen LogP contribution in [0.4, 0.5) is 0 Å². The third-order valence-corrected chi connectivity index (χ3v) is 2.82. The van der Waals surface area contributed by atoms with Crippen LogP contribution in [-0.2, 0) is 0 Å². The third kappa shape index (κ3) is 3.39. The molecule has 1 saturated carbocycles. The van der Waals surface area contributed by atoms with Crippen LogP contribution in [0.5, 0.6) is 0 Å². The Labute approximate surface area is 89.3 Å². The molecule has 0 atom stereocenters. The maximum Gasteiger partial charge on any atom is 0.218 e. The van der Waals surface area contributed by atoms with Crippen molar-refractivity contribution < 1.29 is 5.11 Å². The molecule has 1 aliphatic rings. The molecule has 6 nitrogen and oxygen atoms in total. The molecule has 1 fully saturated rings. The van der Waals surface area contributed by atoms with Gasteiger partial charge in [0, 0.05) is 5.41 Å². The van der Waals surface area contributed by atoms with Crippen LogP contribution in [0.1, 0.15) is 25.7 Å². The summed E-state index contributed by atoms with van der Waals surface area (Å²) in [5.41, 5.74) is 15.7. The average molecular weight is 213 g/mol. The third-order valence-electron chi connectivity index (χ3n) is 2.82. The van der Waals surface area contributed by atoms with E-state index >= 15 is 0 Å². The van der Waals surface area contributed by atoms with E-state index < -0.39 is 0 Å². The number of aliphatic hydroxyl groups is 1. The molecular formula is C9H19N5O. The predicted octanol–water partition coefficient (Wildman–Crippen LogP) is -0.873. The number of hydrogen-bond acceptors (Lipinski definition) is 2. The van der Waals surface area contributed by atoms with E-state index in [1.54, 1.807) is 0 Å². The van der Waals surface area contributed by atoms with Crippen LogP contribution in [-0.4, -0.2) is 30.2 Å². The molecule has 7 N–H and O–H groups in total. The first-order valence-corrected chi connectivity index (χ1v) is 5.08. The molecular weight excluding hydrogens is 194 g/mol. The van der Waals surface area contributed by atoms with E-state index in [0.29, 0.717) is 6.54 Å². The Morgan fingerprint density at radius 2 is 1.80 bits per heavy atom. The maximum absolute atomic E-state index is 9.32. The lowest BCUT2D eigenvalue weighted by molar-refractivity contribution is 0.139. The van der Waals surface area contributed by atoms with Gasteiger partial charge in [-0.25, -0.2) is 0 Å². The van der Waals surface area contributed by atoms with Crippen LogP contribution in [0.2, 0.25) is 0 Å². The molecule has 0 radical (unpaired) electrons. The molecule has 0 saturated heterocycles. The van der Waals surface area contributed by atoms with Crippen molar-refractivity contribution in [2.75, 3.05) is 13.2 Å². The predicted molar refractivity (Wildman–Crippen MR) is 60.3 cm³/mol. The fourth-order valence-electron chi connectivity index (χ4n) is 1.91. The van der Waals surface area contributed by atoms with Crippen molar-refractivity contribution in [1.82, 2.24) is 0 Å². The Bertz CT molecular complexity index is 264. The van der Waals surface area contributed by atoms with Crippen molar-refractivity contribution in [3.05, 3.63) is 0 Å². The molecule has 15 heavy (non-hydrogen) atoms. The largest absolute Gasteiger partial charge is 0.396 e. The van der Waals surface area contributed by atoms with Crippen LogP contribution >= 0.6 is 0 Å². The van der Waals surface area contributed by atoms with E-state index in [2.05, 4.69) is 9.98 Å². The second kappa shape index (κ2) is 4.97. The molecule has 0 aromatic rings. The van der Waals surface area contributed by atoms with Gasteiger partial charge in [0.25, 0.3) is 0 Å². The van der Waals surface area contributed by atoms with Gasteiger partial charge < -0.3 is 22.3 Å². The van der Waals surface area contributed by atoms with Crippen molar-refractivity contribution >= 4 is 11.9 Å². The van der Waals surface area contributed by atoms with E-state index in [0.717, 1.165) is 25.7 Å². The highest BCUT2D eigenvalue weighted by Gasteiger charge is 2.32. The van der Waals surface area contributed by atoms with Crippen LogP contribution in [0.25, 0.3) is 0 Å². The Morgan fingerprint density at radius 3 is 2.27 bits per heavy atom. The maximum atomic E-state index is 9.32. The molecule has 6 heteroatoms. The Morgan fingerprint density at radius 1 is 1.20 bits per heavy atom. The topological polar surface area (TPSA) is 123 Å². The van der Waals surface area contributed by atoms with Crippen molar-refractivity contribution in [1.29, 1.82) is 0 Å². The van der Waals surface area contributed by atoms with Gasteiger partial charge in [-0.05, 0) is 12.8 Å². The van der Waals surface area contributed by atoms with Crippen LogP contribution in [0, 0.1) is 5.41 Å². The van der Waals surface area contributed by atoms with Gasteiger partial charge in [0.05, 0.1) is 13.2 Å². The van der Waals surface area contributed by atoms with Gasteiger partial charge >= 0.3 is 0 Å². The van der Waals surface area contributed by atoms with Crippen molar-refractivity contribution in [2.45, 2.75) is 25.7 Å². The summed E-state index contributed by atoms with van der Waals surface area (Å²) in [6.45, 7) is 0.637. The average Bonchev–Trinajstić information content (AvgIpc) is 2.63. The van der Waals surface area contributed by atoms with Crippen LogP contribution < -0.4 is 17.2 Å². The zero-order valence-corrected chi connectivity index (χ0v) is 8.82. The number of nitrogens with two attached hydrogens (primary N) is 3. The van der Waals surface area contributed by atoms with Gasteiger partial charge in [0.2, 0.25) is 5.96 Å². The first kappa shape index (κ1) is 11.8. The fraction of sp³-hybridized carbons (Fsp3) is 0.778. The summed E-state index contributed by atoms with van der Waals surface area (Å²) in [4.78, 5) is 7.70. The normalized spacial score (nSPS) is 20.2. The first-order chi connectivity index (χ1) is 7.08. The number of hydrogen-bond donors (Lipinski definition) is 4. The van der Waals surface area contributed by atoms with Gasteiger partial charge in [-0.2, -0.15) is 4.99 Å². The highest BCUT2D eigenvalue weighted by Crippen LogP contribution is 2.37. The molecule has 0 amide bonds. The molecule has 0 aromatic carbocycles. The highest BCUT2D eigenvalue weighted by atomic mass is 16.3. The van der Waals surface area contributed by atoms with Crippen molar-refractivity contribution in [2.24, 2.45) is 32.6 Å². The number of aliphatic imine (C=N–C) groups is 2. The lowest BCUT2D eigenvalue weighted by atomic mass is 9.87. The monoisotopic (exact) mass is 213 g/mol. The van der Waals surface area contributed by atoms with Gasteiger partial charge in [-0.3, -0.25) is 4.99 Å². The number of guanidine groups is 2. The summed E-state index contributed by atoms with van der Waals surface area (Å²) >= 11 is 0. The molecule has 0 aliphatic heterocycles. The summed E-state index contributed by atoms with van der Waals surface area (Å²) < 4.78 is 0. The highest BCUT2D eigenvalue weighted by molar-refractivity contribution is 5.92. The van der Waals surface area contributed by atoms with Gasteiger partial charge in [-0.15, -0.1) is 0 Å². The summed E-state index contributed by atoms with van der Waals surface area (Å²) in [6, 6.07) is 0. The number of aliphatic hydroxyl groups excluding tert-OH is 1. The SMILES string of the molecule is NC(N)=NC(N)=NCC1(CO)CCCC1. The Hall–Kier alpha value is -1.30. The van der Waals surface area contributed by atoms with Crippen LogP contribution in [0.3, 0.4) is 0 Å². The molecule has 86 valence electrons. The number of rotatable bonds is 3. The van der Waals surface area contributed by atoms with Crippen molar-refractivity contribution in [3.63, 3.8) is 0 Å². The lowest BCUT2D eigenvalue weighted by Crippen LogP contribution is -2.29. The van der Waals surface area contributed by atoms with Gasteiger partial charge in [-0.1, -0.05) is 12.8 Å². The van der Waals surface area contributed by atoms with E-state index in [1.165, 1.54) is 0 Å². The summed E-state index contributed by atoms with van der Waals surface area (Å²) in [5, 5.41) is 9.32. The van der Waals surface area contributed by atoms with E-state index in [9.17, 15) is 5.11 Å². The summed E-state index contributed by atoms with van der Waals surface area (Å²) in [7, 11) is 0. The minimum atomic E-state index is -0.108. The lowest BCUT2D eigenvalue weighted by Gasteiger charge is -2.23. The molecule has 0 heterocycles. The molecule has 1 rings (SSSR count). The Balaban J connectivity index is 2.57. The molecule has 0 spiro atoms. The smallest absolute Gasteiger partial charge is 0.218 e. The number of nitrogens with zero attached hydrogens (tertiary/aromatic N) is 2. The fourth-order valence-corrected chi connectivity index (χ4v) is 1.91. The second-order valence-electron chi connectivity index (χ2n) is 4.08. The van der Waals surface area contributed by atoms with Crippen LogP contribution in [0.15, 0.2) is 9.98 Å². The van der Waals surface area contributed by atoms with Gasteiger partial charge in [0.1, 0.15) is 0 Å². The summed E-state index contributed by atoms with van der Waals surface area (Å²) in [5.74, 6) is -0.0181. The van der Waals surface area contributed by atoms with E-state index in [-0.39, 0.29) is 23.9 Å². The first-order valence-electron chi connectivity index (χ1n) is 5.08. The van der Waals surface area contributed by atoms with E-state index in [1.807, 2.05) is 0 Å². The van der Waals surface area contributed by atoms with Crippen molar-refractivity contribution in [3.8, 4) is 0 Å². The molecule has 1 aliphatic carbocycles. The van der Waals surface area contributed by atoms with Gasteiger partial charge in [0.15, 0.2) is 5.96 Å². The molecule has 0 aromatic heterocycles. The molecule has 0 unspecified atom stereocenters. The molecule has 0 bridgehead atoms. The second-order valence-corrected chi connectivity index (χ2v) is 4.08. The minimum Gasteiger partial charge on any atom is -0.396 e. The standard InChI is InChI=1S/C9H19N5O/c10-7(11)14-8(12)13-5-9(6-15)3-1-2-4-9/h15H,1-6H2,(H6,10,11,12,13,14). The quantitative estimate of drug-likeness (QED) is 0.359. The zero-order chi connectivity index (χ0) is 11.3. The zero-order valence-electron chi connectivity index (χ0n) is 8.82.